The highest BCUT2D eigenvalue weighted by molar-refractivity contribution is 7.16. The number of aryl methyl sites for hydroxylation is 1. The fraction of sp³-hybridized carbons (Fsp3) is 0.320. The van der Waals surface area contributed by atoms with Crippen molar-refractivity contribution >= 4 is 33.8 Å². The van der Waals surface area contributed by atoms with Gasteiger partial charge in [0, 0.05) is 34.1 Å². The number of amides is 1. The number of nitrogens with one attached hydrogen (secondary N) is 1. The zero-order chi connectivity index (χ0) is 22.7. The number of anilines is 1. The molecule has 7 heteroatoms. The Kier molecular flexibility index (Phi) is 7.16. The highest BCUT2D eigenvalue weighted by Crippen LogP contribution is 2.42. The van der Waals surface area contributed by atoms with Crippen molar-refractivity contribution in [3.05, 3.63) is 80.7 Å². The number of rotatable bonds is 6. The van der Waals surface area contributed by atoms with Crippen molar-refractivity contribution in [2.24, 2.45) is 0 Å². The van der Waals surface area contributed by atoms with Crippen LogP contribution in [-0.2, 0) is 4.74 Å². The molecular weight excluding hydrogens is 444 g/mol. The first-order chi connectivity index (χ1) is 15.5. The van der Waals surface area contributed by atoms with Crippen molar-refractivity contribution in [3.63, 3.8) is 0 Å². The summed E-state index contributed by atoms with van der Waals surface area (Å²) in [4.78, 5) is 16.7. The van der Waals surface area contributed by atoms with Gasteiger partial charge < -0.3 is 14.8 Å². The van der Waals surface area contributed by atoms with E-state index in [1.165, 1.54) is 10.4 Å². The Morgan fingerprint density at radius 2 is 1.75 bits per heavy atom. The van der Waals surface area contributed by atoms with Crippen LogP contribution in [0.1, 0.15) is 38.0 Å². The van der Waals surface area contributed by atoms with Crippen LogP contribution in [0.5, 0.6) is 5.75 Å². The number of hydrogen-bond donors (Lipinski definition) is 1. The molecular formula is C25H27ClN2O3S. The number of carbonyl (C=O) groups excluding carboxylic acids is 1. The van der Waals surface area contributed by atoms with Crippen LogP contribution in [0.2, 0.25) is 5.02 Å². The number of morpholine rings is 1. The highest BCUT2D eigenvalue weighted by Gasteiger charge is 2.30. The first-order valence-corrected chi connectivity index (χ1v) is 11.8. The van der Waals surface area contributed by atoms with E-state index in [0.717, 1.165) is 35.0 Å². The number of benzene rings is 2. The summed E-state index contributed by atoms with van der Waals surface area (Å²) < 4.78 is 10.8. The van der Waals surface area contributed by atoms with E-state index in [-0.39, 0.29) is 11.9 Å². The lowest BCUT2D eigenvalue weighted by molar-refractivity contribution is 0.0240. The topological polar surface area (TPSA) is 50.8 Å². The molecule has 0 radical (unpaired) electrons. The first kappa shape index (κ1) is 22.8. The van der Waals surface area contributed by atoms with Crippen LogP contribution in [0, 0.1) is 13.8 Å². The molecule has 0 saturated carbocycles. The van der Waals surface area contributed by atoms with Crippen LogP contribution in [0.4, 0.5) is 5.00 Å². The number of ether oxygens (including phenoxy) is 2. The molecule has 2 heterocycles. The number of hydrogen-bond acceptors (Lipinski definition) is 5. The molecule has 1 N–H and O–H groups in total. The molecule has 1 atom stereocenters. The maximum atomic E-state index is 13.1. The van der Waals surface area contributed by atoms with E-state index in [2.05, 4.69) is 36.2 Å². The Labute approximate surface area is 197 Å². The van der Waals surface area contributed by atoms with Gasteiger partial charge in [-0.25, -0.2) is 0 Å². The summed E-state index contributed by atoms with van der Waals surface area (Å²) in [5, 5.41) is 4.77. The minimum atomic E-state index is -0.132. The van der Waals surface area contributed by atoms with Crippen LogP contribution in [-0.4, -0.2) is 44.2 Å². The number of halogens is 1. The van der Waals surface area contributed by atoms with Gasteiger partial charge in [0.25, 0.3) is 5.91 Å². The molecule has 1 amide bonds. The van der Waals surface area contributed by atoms with E-state index in [1.807, 2.05) is 12.1 Å². The highest BCUT2D eigenvalue weighted by atomic mass is 35.5. The lowest BCUT2D eigenvalue weighted by Gasteiger charge is -2.35. The summed E-state index contributed by atoms with van der Waals surface area (Å²) in [6.07, 6.45) is 0. The van der Waals surface area contributed by atoms with Crippen molar-refractivity contribution < 1.29 is 14.3 Å². The molecule has 1 aromatic heterocycles. The molecule has 0 spiro atoms. The molecule has 1 unspecified atom stereocenters. The van der Waals surface area contributed by atoms with E-state index in [4.69, 9.17) is 21.1 Å². The predicted octanol–water partition coefficient (Wildman–Crippen LogP) is 5.70. The van der Waals surface area contributed by atoms with Crippen LogP contribution < -0.4 is 10.1 Å². The summed E-state index contributed by atoms with van der Waals surface area (Å²) >= 11 is 7.80. The van der Waals surface area contributed by atoms with Gasteiger partial charge in [-0.2, -0.15) is 0 Å². The lowest BCUT2D eigenvalue weighted by atomic mass is 9.94. The third-order valence-corrected chi connectivity index (χ3v) is 7.27. The zero-order valence-corrected chi connectivity index (χ0v) is 20.1. The van der Waals surface area contributed by atoms with Gasteiger partial charge >= 0.3 is 0 Å². The second-order valence-electron chi connectivity index (χ2n) is 7.81. The summed E-state index contributed by atoms with van der Waals surface area (Å²) in [5.41, 5.74) is 4.08. The first-order valence-electron chi connectivity index (χ1n) is 10.6. The zero-order valence-electron chi connectivity index (χ0n) is 18.5. The van der Waals surface area contributed by atoms with Gasteiger partial charge in [-0.15, -0.1) is 11.3 Å². The second-order valence-corrected chi connectivity index (χ2v) is 9.47. The van der Waals surface area contributed by atoms with Gasteiger partial charge in [0.05, 0.1) is 26.4 Å². The average Bonchev–Trinajstić information content (AvgIpc) is 3.09. The molecule has 0 aliphatic carbocycles. The van der Waals surface area contributed by atoms with Crippen LogP contribution in [0.25, 0.3) is 0 Å². The van der Waals surface area contributed by atoms with Gasteiger partial charge in [0.1, 0.15) is 10.8 Å². The monoisotopic (exact) mass is 470 g/mol. The quantitative estimate of drug-likeness (QED) is 0.502. The summed E-state index contributed by atoms with van der Waals surface area (Å²) in [5.74, 6) is 0.590. The molecule has 3 aromatic rings. The molecule has 1 aliphatic heterocycles. The Bertz CT molecular complexity index is 1070. The molecule has 4 rings (SSSR count). The number of thiophene rings is 1. The second kappa shape index (κ2) is 10.0. The van der Waals surface area contributed by atoms with Crippen molar-refractivity contribution in [2.75, 3.05) is 38.7 Å². The summed E-state index contributed by atoms with van der Waals surface area (Å²) in [6, 6.07) is 15.2. The maximum Gasteiger partial charge on any atom is 0.256 e. The number of methoxy groups -OCH3 is 1. The Hall–Kier alpha value is -2.38. The summed E-state index contributed by atoms with van der Waals surface area (Å²) in [6.45, 7) is 7.28. The van der Waals surface area contributed by atoms with Crippen molar-refractivity contribution in [1.29, 1.82) is 0 Å². The molecule has 1 saturated heterocycles. The van der Waals surface area contributed by atoms with Gasteiger partial charge in [-0.1, -0.05) is 23.7 Å². The largest absolute Gasteiger partial charge is 0.497 e. The van der Waals surface area contributed by atoms with E-state index in [0.29, 0.717) is 23.8 Å². The average molecular weight is 471 g/mol. The van der Waals surface area contributed by atoms with E-state index in [9.17, 15) is 4.79 Å². The Morgan fingerprint density at radius 3 is 2.38 bits per heavy atom. The predicted molar refractivity (Wildman–Crippen MR) is 130 cm³/mol. The van der Waals surface area contributed by atoms with Crippen molar-refractivity contribution in [2.45, 2.75) is 19.9 Å². The smallest absolute Gasteiger partial charge is 0.256 e. The molecule has 2 aromatic carbocycles. The Balaban J connectivity index is 1.72. The fourth-order valence-corrected chi connectivity index (χ4v) is 5.24. The van der Waals surface area contributed by atoms with Gasteiger partial charge in [0.2, 0.25) is 0 Å². The van der Waals surface area contributed by atoms with E-state index >= 15 is 0 Å². The SMILES string of the molecule is COc1ccc(C(=O)Nc2sc(C)c(C)c2C(c2ccc(Cl)cc2)N2CCOCC2)cc1. The standard InChI is InChI=1S/C25H27ClN2O3S/c1-16-17(2)32-25(27-24(29)19-6-10-21(30-3)11-7-19)22(16)23(28-12-14-31-15-13-28)18-4-8-20(26)9-5-18/h4-11,23H,12-15H2,1-3H3,(H,27,29). The fourth-order valence-electron chi connectivity index (χ4n) is 4.03. The Morgan fingerprint density at radius 1 is 1.09 bits per heavy atom. The van der Waals surface area contributed by atoms with Crippen molar-refractivity contribution in [1.82, 2.24) is 4.90 Å². The molecule has 5 nitrogen and oxygen atoms in total. The maximum absolute atomic E-state index is 13.1. The normalized spacial score (nSPS) is 15.4. The molecule has 168 valence electrons. The lowest BCUT2D eigenvalue weighted by Crippen LogP contribution is -2.39. The minimum absolute atomic E-state index is 0.00674. The minimum Gasteiger partial charge on any atom is -0.497 e. The third kappa shape index (κ3) is 4.84. The van der Waals surface area contributed by atoms with Gasteiger partial charge in [-0.3, -0.25) is 9.69 Å². The van der Waals surface area contributed by atoms with Crippen molar-refractivity contribution in [3.8, 4) is 5.75 Å². The molecule has 1 aliphatic rings. The number of nitrogens with zero attached hydrogens (tertiary/aromatic N) is 1. The third-order valence-electron chi connectivity index (χ3n) is 5.88. The van der Waals surface area contributed by atoms with E-state index < -0.39 is 0 Å². The molecule has 1 fully saturated rings. The van der Waals surface area contributed by atoms with Crippen LogP contribution >= 0.6 is 22.9 Å². The van der Waals surface area contributed by atoms with Crippen LogP contribution in [0.3, 0.4) is 0 Å². The van der Waals surface area contributed by atoms with Gasteiger partial charge in [0.15, 0.2) is 0 Å². The molecule has 0 bridgehead atoms. The van der Waals surface area contributed by atoms with Gasteiger partial charge in [-0.05, 0) is 61.4 Å². The summed E-state index contributed by atoms with van der Waals surface area (Å²) in [7, 11) is 1.61. The molecule has 32 heavy (non-hydrogen) atoms. The van der Waals surface area contributed by atoms with E-state index in [1.54, 1.807) is 42.7 Å². The van der Waals surface area contributed by atoms with Crippen LogP contribution in [0.15, 0.2) is 48.5 Å². The number of carbonyl (C=O) groups is 1.